The SMILES string of the molecule is O=C(O)C(F)CCCCCN1C(=O)c2ccccc2C1=O. The second kappa shape index (κ2) is 6.47. The molecule has 1 aromatic carbocycles. The minimum atomic E-state index is -1.84. The summed E-state index contributed by atoms with van der Waals surface area (Å²) < 4.78 is 12.8. The zero-order valence-electron chi connectivity index (χ0n) is 11.4. The average molecular weight is 293 g/mol. The number of carbonyl (C=O) groups excluding carboxylic acids is 2. The summed E-state index contributed by atoms with van der Waals surface area (Å²) in [6, 6.07) is 6.66. The molecule has 0 radical (unpaired) electrons. The predicted octanol–water partition coefficient (Wildman–Crippen LogP) is 2.27. The number of fused-ring (bicyclic) bond motifs is 1. The summed E-state index contributed by atoms with van der Waals surface area (Å²) in [7, 11) is 0. The number of alkyl halides is 1. The summed E-state index contributed by atoms with van der Waals surface area (Å²) >= 11 is 0. The normalized spacial score (nSPS) is 15.2. The third-order valence-electron chi connectivity index (χ3n) is 3.49. The van der Waals surface area contributed by atoms with Crippen molar-refractivity contribution in [1.29, 1.82) is 0 Å². The van der Waals surface area contributed by atoms with Crippen LogP contribution in [0.15, 0.2) is 24.3 Å². The zero-order chi connectivity index (χ0) is 15.4. The molecule has 1 N–H and O–H groups in total. The molecule has 2 rings (SSSR count). The highest BCUT2D eigenvalue weighted by Gasteiger charge is 2.34. The highest BCUT2D eigenvalue weighted by molar-refractivity contribution is 6.21. The van der Waals surface area contributed by atoms with E-state index in [2.05, 4.69) is 0 Å². The second-order valence-corrected chi connectivity index (χ2v) is 4.96. The number of carbonyl (C=O) groups is 3. The lowest BCUT2D eigenvalue weighted by atomic mass is 10.1. The van der Waals surface area contributed by atoms with E-state index in [0.717, 1.165) is 0 Å². The van der Waals surface area contributed by atoms with Crippen molar-refractivity contribution in [1.82, 2.24) is 4.90 Å². The van der Waals surface area contributed by atoms with E-state index in [1.165, 1.54) is 4.90 Å². The Kier molecular flexibility index (Phi) is 4.67. The van der Waals surface area contributed by atoms with Crippen LogP contribution in [0.2, 0.25) is 0 Å². The Morgan fingerprint density at radius 1 is 1.10 bits per heavy atom. The first kappa shape index (κ1) is 15.2. The minimum Gasteiger partial charge on any atom is -0.479 e. The van der Waals surface area contributed by atoms with Crippen LogP contribution in [0.25, 0.3) is 0 Å². The van der Waals surface area contributed by atoms with Gasteiger partial charge < -0.3 is 5.11 Å². The van der Waals surface area contributed by atoms with E-state index >= 15 is 0 Å². The molecule has 2 amide bonds. The average Bonchev–Trinajstić information content (AvgIpc) is 2.71. The largest absolute Gasteiger partial charge is 0.479 e. The van der Waals surface area contributed by atoms with Crippen molar-refractivity contribution >= 4 is 17.8 Å². The molecule has 0 saturated carbocycles. The number of imide groups is 1. The lowest BCUT2D eigenvalue weighted by Crippen LogP contribution is -2.30. The zero-order valence-corrected chi connectivity index (χ0v) is 11.4. The van der Waals surface area contributed by atoms with Crippen molar-refractivity contribution in [2.75, 3.05) is 6.54 Å². The van der Waals surface area contributed by atoms with Crippen molar-refractivity contribution in [3.63, 3.8) is 0 Å². The first-order valence-electron chi connectivity index (χ1n) is 6.84. The maximum absolute atomic E-state index is 12.8. The molecule has 1 atom stereocenters. The van der Waals surface area contributed by atoms with Gasteiger partial charge in [0.25, 0.3) is 11.8 Å². The number of amides is 2. The number of carboxylic acid groups (broad SMARTS) is 1. The van der Waals surface area contributed by atoms with Gasteiger partial charge >= 0.3 is 5.97 Å². The van der Waals surface area contributed by atoms with Crippen LogP contribution in [0.1, 0.15) is 46.4 Å². The predicted molar refractivity (Wildman–Crippen MR) is 72.8 cm³/mol. The number of nitrogens with zero attached hydrogens (tertiary/aromatic N) is 1. The maximum atomic E-state index is 12.8. The minimum absolute atomic E-state index is 0.0442. The van der Waals surface area contributed by atoms with Crippen LogP contribution in [0, 0.1) is 0 Å². The van der Waals surface area contributed by atoms with Crippen LogP contribution in [-0.2, 0) is 4.79 Å². The van der Waals surface area contributed by atoms with Gasteiger partial charge in [-0.3, -0.25) is 14.5 Å². The fraction of sp³-hybridized carbons (Fsp3) is 0.400. The van der Waals surface area contributed by atoms with E-state index in [1.807, 2.05) is 0 Å². The van der Waals surface area contributed by atoms with Crippen LogP contribution in [0.3, 0.4) is 0 Å². The smallest absolute Gasteiger partial charge is 0.338 e. The number of aliphatic carboxylic acids is 1. The van der Waals surface area contributed by atoms with Crippen molar-refractivity contribution in [3.05, 3.63) is 35.4 Å². The molecular weight excluding hydrogens is 277 g/mol. The third-order valence-corrected chi connectivity index (χ3v) is 3.49. The number of carboxylic acids is 1. The quantitative estimate of drug-likeness (QED) is 0.618. The number of rotatable bonds is 7. The molecule has 1 heterocycles. The Morgan fingerprint density at radius 2 is 1.67 bits per heavy atom. The van der Waals surface area contributed by atoms with Gasteiger partial charge in [-0.15, -0.1) is 0 Å². The summed E-state index contributed by atoms with van der Waals surface area (Å²) in [5.74, 6) is -2.05. The number of benzene rings is 1. The molecule has 1 aliphatic heterocycles. The van der Waals surface area contributed by atoms with Crippen LogP contribution >= 0.6 is 0 Å². The van der Waals surface area contributed by atoms with Gasteiger partial charge in [0.1, 0.15) is 0 Å². The Labute approximate surface area is 121 Å². The molecular formula is C15H16FNO4. The number of hydrogen-bond donors (Lipinski definition) is 1. The molecule has 112 valence electrons. The first-order valence-corrected chi connectivity index (χ1v) is 6.84. The fourth-order valence-corrected chi connectivity index (χ4v) is 2.34. The molecule has 5 nitrogen and oxygen atoms in total. The molecule has 0 saturated heterocycles. The first-order chi connectivity index (χ1) is 10.0. The third kappa shape index (κ3) is 3.26. The van der Waals surface area contributed by atoms with Gasteiger partial charge in [0.15, 0.2) is 6.17 Å². The van der Waals surface area contributed by atoms with Crippen molar-refractivity contribution in [2.45, 2.75) is 31.9 Å². The standard InChI is InChI=1S/C15H16FNO4/c16-12(15(20)21)8-2-1-5-9-17-13(18)10-6-3-4-7-11(10)14(17)19/h3-4,6-7,12H,1-2,5,8-9H2,(H,20,21). The van der Waals surface area contributed by atoms with Gasteiger partial charge in [-0.05, 0) is 31.4 Å². The molecule has 0 fully saturated rings. The molecule has 0 aromatic heterocycles. The second-order valence-electron chi connectivity index (χ2n) is 4.96. The Bertz CT molecular complexity index is 538. The lowest BCUT2D eigenvalue weighted by molar-refractivity contribution is -0.143. The van der Waals surface area contributed by atoms with Gasteiger partial charge in [-0.25, -0.2) is 9.18 Å². The van der Waals surface area contributed by atoms with E-state index < -0.39 is 12.1 Å². The Hall–Kier alpha value is -2.24. The van der Waals surface area contributed by atoms with Crippen LogP contribution in [-0.4, -0.2) is 40.5 Å². The van der Waals surface area contributed by atoms with Crippen molar-refractivity contribution in [2.24, 2.45) is 0 Å². The van der Waals surface area contributed by atoms with Crippen LogP contribution < -0.4 is 0 Å². The fourth-order valence-electron chi connectivity index (χ4n) is 2.34. The molecule has 0 spiro atoms. The monoisotopic (exact) mass is 293 g/mol. The molecule has 1 unspecified atom stereocenters. The van der Waals surface area contributed by atoms with E-state index in [9.17, 15) is 18.8 Å². The molecule has 1 aromatic rings. The van der Waals surface area contributed by atoms with Crippen molar-refractivity contribution < 1.29 is 23.9 Å². The highest BCUT2D eigenvalue weighted by Crippen LogP contribution is 2.22. The lowest BCUT2D eigenvalue weighted by Gasteiger charge is -2.13. The molecule has 0 bridgehead atoms. The number of halogens is 1. The van der Waals surface area contributed by atoms with E-state index in [4.69, 9.17) is 5.11 Å². The summed E-state index contributed by atoms with van der Waals surface area (Å²) in [5.41, 5.74) is 0.828. The number of hydrogen-bond acceptors (Lipinski definition) is 3. The maximum Gasteiger partial charge on any atom is 0.338 e. The van der Waals surface area contributed by atoms with Gasteiger partial charge in [0, 0.05) is 6.54 Å². The summed E-state index contributed by atoms with van der Waals surface area (Å²) in [4.78, 5) is 35.6. The Morgan fingerprint density at radius 3 is 2.19 bits per heavy atom. The summed E-state index contributed by atoms with van der Waals surface area (Å²) in [6.45, 7) is 0.274. The van der Waals surface area contributed by atoms with E-state index in [0.29, 0.717) is 30.4 Å². The highest BCUT2D eigenvalue weighted by atomic mass is 19.1. The Balaban J connectivity index is 1.79. The molecule has 0 aliphatic carbocycles. The van der Waals surface area contributed by atoms with Crippen LogP contribution in [0.4, 0.5) is 4.39 Å². The van der Waals surface area contributed by atoms with Gasteiger partial charge in [-0.1, -0.05) is 18.6 Å². The summed E-state index contributed by atoms with van der Waals surface area (Å²) in [5, 5.41) is 8.41. The van der Waals surface area contributed by atoms with Crippen LogP contribution in [0.5, 0.6) is 0 Å². The molecule has 21 heavy (non-hydrogen) atoms. The summed E-state index contributed by atoms with van der Waals surface area (Å²) in [6.07, 6.45) is -0.364. The van der Waals surface area contributed by atoms with E-state index in [1.54, 1.807) is 24.3 Å². The van der Waals surface area contributed by atoms with Gasteiger partial charge in [0.2, 0.25) is 0 Å². The molecule has 1 aliphatic rings. The van der Waals surface area contributed by atoms with Crippen molar-refractivity contribution in [3.8, 4) is 0 Å². The van der Waals surface area contributed by atoms with E-state index in [-0.39, 0.29) is 24.8 Å². The van der Waals surface area contributed by atoms with Gasteiger partial charge in [0.05, 0.1) is 11.1 Å². The molecule has 6 heteroatoms. The topological polar surface area (TPSA) is 74.7 Å². The van der Waals surface area contributed by atoms with Gasteiger partial charge in [-0.2, -0.15) is 0 Å². The number of unbranched alkanes of at least 4 members (excludes halogenated alkanes) is 2.